The largest absolute Gasteiger partial charge is 0.496 e. The zero-order valence-electron chi connectivity index (χ0n) is 13.9. The predicted molar refractivity (Wildman–Crippen MR) is 89.0 cm³/mol. The van der Waals surface area contributed by atoms with Crippen LogP contribution in [-0.4, -0.2) is 37.0 Å². The van der Waals surface area contributed by atoms with Gasteiger partial charge in [-0.1, -0.05) is 31.0 Å². The molecule has 1 aromatic rings. The number of nitrogens with zero attached hydrogens (tertiary/aromatic N) is 2. The van der Waals surface area contributed by atoms with E-state index in [0.717, 1.165) is 25.9 Å². The molecule has 23 heavy (non-hydrogen) atoms. The summed E-state index contributed by atoms with van der Waals surface area (Å²) in [6, 6.07) is 8.53. The lowest BCUT2D eigenvalue weighted by atomic mass is 10.1. The lowest BCUT2D eigenvalue weighted by molar-refractivity contribution is -0.126. The van der Waals surface area contributed by atoms with Gasteiger partial charge in [-0.3, -0.25) is 9.69 Å². The van der Waals surface area contributed by atoms with Crippen LogP contribution >= 0.6 is 0 Å². The second kappa shape index (κ2) is 8.54. The van der Waals surface area contributed by atoms with Crippen LogP contribution in [0.1, 0.15) is 44.2 Å². The van der Waals surface area contributed by atoms with Crippen LogP contribution in [0.2, 0.25) is 0 Å². The average molecular weight is 315 g/mol. The summed E-state index contributed by atoms with van der Waals surface area (Å²) < 4.78 is 5.29. The van der Waals surface area contributed by atoms with E-state index in [-0.39, 0.29) is 11.9 Å². The highest BCUT2D eigenvalue weighted by atomic mass is 16.5. The van der Waals surface area contributed by atoms with Gasteiger partial charge in [0.05, 0.1) is 19.2 Å². The third kappa shape index (κ3) is 4.46. The molecule has 0 aromatic heterocycles. The highest BCUT2D eigenvalue weighted by molar-refractivity contribution is 5.82. The monoisotopic (exact) mass is 315 g/mol. The average Bonchev–Trinajstić information content (AvgIpc) is 2.88. The number of ether oxygens (including phenoxy) is 1. The molecule has 124 valence electrons. The van der Waals surface area contributed by atoms with Crippen molar-refractivity contribution in [3.63, 3.8) is 0 Å². The molecule has 1 aromatic carbocycles. The van der Waals surface area contributed by atoms with Gasteiger partial charge in [-0.15, -0.1) is 0 Å². The van der Waals surface area contributed by atoms with Gasteiger partial charge in [0.2, 0.25) is 5.91 Å². The Hall–Kier alpha value is -2.06. The van der Waals surface area contributed by atoms with Gasteiger partial charge in [0.25, 0.3) is 0 Å². The quantitative estimate of drug-likeness (QED) is 0.907. The molecule has 0 aliphatic carbocycles. The number of likely N-dealkylation sites (tertiary alicyclic amines) is 1. The van der Waals surface area contributed by atoms with E-state index in [9.17, 15) is 10.1 Å². The Morgan fingerprint density at radius 3 is 2.52 bits per heavy atom. The van der Waals surface area contributed by atoms with E-state index in [1.807, 2.05) is 25.1 Å². The number of nitriles is 1. The molecule has 0 spiro atoms. The van der Waals surface area contributed by atoms with Crippen LogP contribution in [0.15, 0.2) is 24.3 Å². The predicted octanol–water partition coefficient (Wildman–Crippen LogP) is 2.64. The summed E-state index contributed by atoms with van der Waals surface area (Å²) in [4.78, 5) is 14.8. The summed E-state index contributed by atoms with van der Waals surface area (Å²) in [5.41, 5.74) is 0.689. The Labute approximate surface area is 138 Å². The first-order valence-corrected chi connectivity index (χ1v) is 8.24. The third-order valence-electron chi connectivity index (χ3n) is 4.43. The minimum absolute atomic E-state index is 0.107. The topological polar surface area (TPSA) is 65.4 Å². The Kier molecular flexibility index (Phi) is 6.42. The van der Waals surface area contributed by atoms with Crippen LogP contribution in [0.5, 0.6) is 5.75 Å². The number of hydrogen-bond donors (Lipinski definition) is 1. The first kappa shape index (κ1) is 17.3. The van der Waals surface area contributed by atoms with Crippen molar-refractivity contribution in [2.45, 2.75) is 44.7 Å². The number of nitrogens with one attached hydrogen (secondary N) is 1. The molecule has 1 amide bonds. The molecule has 0 bridgehead atoms. The van der Waals surface area contributed by atoms with E-state index in [1.165, 1.54) is 12.8 Å². The van der Waals surface area contributed by atoms with E-state index in [2.05, 4.69) is 16.3 Å². The third-order valence-corrected chi connectivity index (χ3v) is 4.43. The van der Waals surface area contributed by atoms with Crippen LogP contribution in [-0.2, 0) is 4.79 Å². The fourth-order valence-corrected chi connectivity index (χ4v) is 3.00. The summed E-state index contributed by atoms with van der Waals surface area (Å²) in [7, 11) is 1.56. The van der Waals surface area contributed by atoms with E-state index in [0.29, 0.717) is 11.3 Å². The lowest BCUT2D eigenvalue weighted by Crippen LogP contribution is -2.46. The van der Waals surface area contributed by atoms with Crippen LogP contribution in [0.3, 0.4) is 0 Å². The lowest BCUT2D eigenvalue weighted by Gasteiger charge is -2.27. The van der Waals surface area contributed by atoms with E-state index < -0.39 is 6.04 Å². The van der Waals surface area contributed by atoms with Crippen molar-refractivity contribution in [2.24, 2.45) is 0 Å². The van der Waals surface area contributed by atoms with Crippen molar-refractivity contribution in [3.05, 3.63) is 29.8 Å². The number of amides is 1. The number of rotatable bonds is 5. The fourth-order valence-electron chi connectivity index (χ4n) is 3.00. The molecule has 1 fully saturated rings. The highest BCUT2D eigenvalue weighted by Gasteiger charge is 2.25. The van der Waals surface area contributed by atoms with Crippen LogP contribution in [0, 0.1) is 11.3 Å². The van der Waals surface area contributed by atoms with E-state index in [1.54, 1.807) is 13.2 Å². The van der Waals surface area contributed by atoms with Crippen molar-refractivity contribution in [1.29, 1.82) is 5.26 Å². The summed E-state index contributed by atoms with van der Waals surface area (Å²) >= 11 is 0. The Balaban J connectivity index is 2.06. The van der Waals surface area contributed by atoms with Crippen LogP contribution < -0.4 is 10.1 Å². The van der Waals surface area contributed by atoms with Crippen LogP contribution in [0.4, 0.5) is 0 Å². The van der Waals surface area contributed by atoms with E-state index in [4.69, 9.17) is 4.74 Å². The van der Waals surface area contributed by atoms with Gasteiger partial charge in [0, 0.05) is 5.56 Å². The molecule has 2 rings (SSSR count). The molecule has 0 radical (unpaired) electrons. The fraction of sp³-hybridized carbons (Fsp3) is 0.556. The zero-order valence-corrected chi connectivity index (χ0v) is 13.9. The number of carbonyl (C=O) groups excluding carboxylic acids is 1. The summed E-state index contributed by atoms with van der Waals surface area (Å²) in [6.45, 7) is 3.80. The van der Waals surface area contributed by atoms with Crippen molar-refractivity contribution in [1.82, 2.24) is 10.2 Å². The zero-order chi connectivity index (χ0) is 16.7. The Morgan fingerprint density at radius 2 is 1.91 bits per heavy atom. The second-order valence-corrected chi connectivity index (χ2v) is 5.94. The first-order chi connectivity index (χ1) is 11.2. The minimum atomic E-state index is -0.701. The number of carbonyl (C=O) groups is 1. The Bertz CT molecular complexity index is 560. The Morgan fingerprint density at radius 1 is 1.26 bits per heavy atom. The highest BCUT2D eigenvalue weighted by Crippen LogP contribution is 2.24. The minimum Gasteiger partial charge on any atom is -0.496 e. The number of methoxy groups -OCH3 is 1. The van der Waals surface area contributed by atoms with Gasteiger partial charge >= 0.3 is 0 Å². The van der Waals surface area contributed by atoms with E-state index >= 15 is 0 Å². The van der Waals surface area contributed by atoms with Gasteiger partial charge in [-0.2, -0.15) is 5.26 Å². The van der Waals surface area contributed by atoms with Gasteiger partial charge in [0.1, 0.15) is 11.8 Å². The second-order valence-electron chi connectivity index (χ2n) is 5.94. The maximum Gasteiger partial charge on any atom is 0.238 e. The normalized spacial score (nSPS) is 18.3. The molecule has 2 atom stereocenters. The number of benzene rings is 1. The van der Waals surface area contributed by atoms with Crippen LogP contribution in [0.25, 0.3) is 0 Å². The smallest absolute Gasteiger partial charge is 0.238 e. The van der Waals surface area contributed by atoms with Gasteiger partial charge < -0.3 is 10.1 Å². The van der Waals surface area contributed by atoms with Crippen molar-refractivity contribution < 1.29 is 9.53 Å². The van der Waals surface area contributed by atoms with Gasteiger partial charge in [-0.05, 0) is 38.9 Å². The first-order valence-electron chi connectivity index (χ1n) is 8.24. The molecule has 5 nitrogen and oxygen atoms in total. The van der Waals surface area contributed by atoms with Crippen molar-refractivity contribution in [3.8, 4) is 11.8 Å². The SMILES string of the molecule is COc1ccccc1[C@H](C#N)NC(=O)[C@H](C)N1CCCCCC1. The molecule has 0 saturated carbocycles. The molecule has 5 heteroatoms. The maximum atomic E-state index is 12.6. The molecule has 0 unspecified atom stereocenters. The van der Waals surface area contributed by atoms with Gasteiger partial charge in [0.15, 0.2) is 0 Å². The molecule has 1 aliphatic heterocycles. The number of hydrogen-bond acceptors (Lipinski definition) is 4. The molecular weight excluding hydrogens is 290 g/mol. The molecule has 1 heterocycles. The molecule has 1 aliphatic rings. The molecule has 1 N–H and O–H groups in total. The summed E-state index contributed by atoms with van der Waals surface area (Å²) in [5.74, 6) is 0.506. The number of para-hydroxylation sites is 1. The summed E-state index contributed by atoms with van der Waals surface area (Å²) in [5, 5.41) is 12.3. The van der Waals surface area contributed by atoms with Crippen molar-refractivity contribution >= 4 is 5.91 Å². The van der Waals surface area contributed by atoms with Crippen molar-refractivity contribution in [2.75, 3.05) is 20.2 Å². The molecular formula is C18H25N3O2. The van der Waals surface area contributed by atoms with Gasteiger partial charge in [-0.25, -0.2) is 0 Å². The summed E-state index contributed by atoms with van der Waals surface area (Å²) in [6.07, 6.45) is 4.72. The molecule has 1 saturated heterocycles. The maximum absolute atomic E-state index is 12.6. The standard InChI is InChI=1S/C18H25N3O2/c1-14(21-11-7-3-4-8-12-21)18(22)20-16(13-19)15-9-5-6-10-17(15)23-2/h5-6,9-10,14,16H,3-4,7-8,11-12H2,1-2H3,(H,20,22)/t14-,16-/m0/s1.